The smallest absolute Gasteiger partial charge is 0.269 e. The molecule has 0 radical (unpaired) electrons. The summed E-state index contributed by atoms with van der Waals surface area (Å²) in [6, 6.07) is 51.9. The van der Waals surface area contributed by atoms with E-state index in [4.69, 9.17) is 9.72 Å². The minimum atomic E-state index is 0.736. The molecule has 0 spiro atoms. The fourth-order valence-corrected chi connectivity index (χ4v) is 6.92. The first kappa shape index (κ1) is 27.3. The van der Waals surface area contributed by atoms with E-state index >= 15 is 0 Å². The molecule has 49 heavy (non-hydrogen) atoms. The molecule has 0 aliphatic carbocycles. The molecule has 4 heterocycles. The van der Waals surface area contributed by atoms with E-state index in [-0.39, 0.29) is 0 Å². The maximum atomic E-state index is 6.59. The first-order valence-electron chi connectivity index (χ1n) is 16.2. The highest BCUT2D eigenvalue weighted by atomic mass is 16.5. The summed E-state index contributed by atoms with van der Waals surface area (Å²) in [4.78, 5) is 4.95. The number of para-hydroxylation sites is 5. The van der Waals surface area contributed by atoms with Gasteiger partial charge in [0.15, 0.2) is 0 Å². The highest BCUT2D eigenvalue weighted by Crippen LogP contribution is 2.36. The largest absolute Gasteiger partial charge is 0.458 e. The van der Waals surface area contributed by atoms with Crippen LogP contribution in [-0.2, 0) is 0 Å². The van der Waals surface area contributed by atoms with Gasteiger partial charge < -0.3 is 9.30 Å². The quantitative estimate of drug-likeness (QED) is 0.136. The summed E-state index contributed by atoms with van der Waals surface area (Å²) in [6.45, 7) is 0. The van der Waals surface area contributed by atoms with Gasteiger partial charge in [0.2, 0.25) is 5.95 Å². The first-order chi connectivity index (χ1) is 24.3. The summed E-state index contributed by atoms with van der Waals surface area (Å²) >= 11 is 0. The number of fused-ring (bicyclic) bond motifs is 5. The van der Waals surface area contributed by atoms with Gasteiger partial charge in [-0.2, -0.15) is 0 Å². The van der Waals surface area contributed by atoms with E-state index in [9.17, 15) is 0 Å². The maximum absolute atomic E-state index is 6.59. The monoisotopic (exact) mass is 632 g/mol. The van der Waals surface area contributed by atoms with Crippen molar-refractivity contribution in [3.63, 3.8) is 0 Å². The minimum Gasteiger partial charge on any atom is -0.458 e. The van der Waals surface area contributed by atoms with Gasteiger partial charge in [-0.3, -0.25) is 18.1 Å². The van der Waals surface area contributed by atoms with Crippen LogP contribution in [0.2, 0.25) is 0 Å². The number of rotatable bonds is 6. The van der Waals surface area contributed by atoms with E-state index in [0.29, 0.717) is 0 Å². The Balaban J connectivity index is 1.07. The summed E-state index contributed by atoms with van der Waals surface area (Å²) < 4.78 is 17.3. The van der Waals surface area contributed by atoms with Gasteiger partial charge in [0, 0.05) is 34.9 Å². The second-order valence-corrected chi connectivity index (χ2v) is 12.0. The average Bonchev–Trinajstić information content (AvgIpc) is 3.93. The van der Waals surface area contributed by atoms with Gasteiger partial charge in [-0.05, 0) is 60.7 Å². The number of benzene rings is 6. The Morgan fingerprint density at radius 1 is 0.571 bits per heavy atom. The molecule has 0 bridgehead atoms. The van der Waals surface area contributed by atoms with Gasteiger partial charge in [0.05, 0.1) is 39.6 Å². The molecule has 6 aromatic carbocycles. The molecule has 0 unspecified atom stereocenters. The zero-order chi connectivity index (χ0) is 32.3. The van der Waals surface area contributed by atoms with Crippen LogP contribution in [-0.4, -0.2) is 23.1 Å². The highest BCUT2D eigenvalue weighted by molar-refractivity contribution is 6.09. The number of ether oxygens (including phenoxy) is 1. The molecule has 0 saturated carbocycles. The lowest BCUT2D eigenvalue weighted by Gasteiger charge is -2.10. The molecule has 7 nitrogen and oxygen atoms in total. The van der Waals surface area contributed by atoms with Crippen molar-refractivity contribution < 1.29 is 9.30 Å². The molecular formula is C42H28N6O. The average molecular weight is 633 g/mol. The SMILES string of the molecule is [c-]1n(-c2cccc(Oc3ccc4c5ccccc5n(-c5ncc6n(-c7ccccc7)ccn56)c4c3)c2)c2ccccc2[n+]1-c1ccccc1. The van der Waals surface area contributed by atoms with Crippen LogP contribution >= 0.6 is 0 Å². The maximum Gasteiger partial charge on any atom is 0.269 e. The summed E-state index contributed by atoms with van der Waals surface area (Å²) in [5.41, 5.74) is 8.32. The molecule has 232 valence electrons. The van der Waals surface area contributed by atoms with E-state index in [1.54, 1.807) is 0 Å². The van der Waals surface area contributed by atoms with Crippen LogP contribution in [0.4, 0.5) is 0 Å². The third-order valence-electron chi connectivity index (χ3n) is 9.14. The third kappa shape index (κ3) is 4.37. The zero-order valence-electron chi connectivity index (χ0n) is 26.3. The Morgan fingerprint density at radius 3 is 2.16 bits per heavy atom. The van der Waals surface area contributed by atoms with E-state index in [2.05, 4.69) is 138 Å². The Labute approximate surface area is 281 Å². The van der Waals surface area contributed by atoms with Crippen LogP contribution in [0.15, 0.2) is 170 Å². The molecule has 0 N–H and O–H groups in total. The van der Waals surface area contributed by atoms with Crippen LogP contribution in [0.3, 0.4) is 0 Å². The molecule has 7 heteroatoms. The lowest BCUT2D eigenvalue weighted by Crippen LogP contribution is -2.29. The molecule has 0 fully saturated rings. The summed E-state index contributed by atoms with van der Waals surface area (Å²) in [7, 11) is 0. The van der Waals surface area contributed by atoms with E-state index in [1.165, 1.54) is 0 Å². The first-order valence-corrected chi connectivity index (χ1v) is 16.2. The lowest BCUT2D eigenvalue weighted by atomic mass is 10.1. The summed E-state index contributed by atoms with van der Waals surface area (Å²) in [6.07, 6.45) is 9.65. The Hall–Kier alpha value is -6.86. The van der Waals surface area contributed by atoms with Crippen molar-refractivity contribution in [3.05, 3.63) is 177 Å². The fraction of sp³-hybridized carbons (Fsp3) is 0. The lowest BCUT2D eigenvalue weighted by molar-refractivity contribution is -0.572. The molecule has 4 aromatic heterocycles. The Kier molecular flexibility index (Phi) is 6.04. The molecule has 0 saturated heterocycles. The molecule has 0 amide bonds. The van der Waals surface area contributed by atoms with Gasteiger partial charge in [-0.25, -0.2) is 4.98 Å². The van der Waals surface area contributed by atoms with Crippen LogP contribution in [0, 0.1) is 6.33 Å². The van der Waals surface area contributed by atoms with Gasteiger partial charge in [0.1, 0.15) is 17.1 Å². The molecule has 10 rings (SSSR count). The van der Waals surface area contributed by atoms with Crippen molar-refractivity contribution in [3.8, 4) is 34.5 Å². The number of hydrogen-bond acceptors (Lipinski definition) is 2. The van der Waals surface area contributed by atoms with Crippen LogP contribution in [0.25, 0.3) is 61.5 Å². The topological polar surface area (TPSA) is 45.2 Å². The van der Waals surface area contributed by atoms with Gasteiger partial charge >= 0.3 is 0 Å². The van der Waals surface area contributed by atoms with Crippen LogP contribution in [0.1, 0.15) is 0 Å². The van der Waals surface area contributed by atoms with E-state index in [0.717, 1.165) is 73.0 Å². The van der Waals surface area contributed by atoms with Crippen molar-refractivity contribution in [2.45, 2.75) is 0 Å². The minimum absolute atomic E-state index is 0.736. The number of aromatic nitrogens is 6. The third-order valence-corrected chi connectivity index (χ3v) is 9.14. The molecule has 10 aromatic rings. The fourth-order valence-electron chi connectivity index (χ4n) is 6.92. The van der Waals surface area contributed by atoms with Crippen molar-refractivity contribution in [1.29, 1.82) is 0 Å². The normalized spacial score (nSPS) is 11.7. The second-order valence-electron chi connectivity index (χ2n) is 12.0. The molecule has 0 aliphatic heterocycles. The summed E-state index contributed by atoms with van der Waals surface area (Å²) in [5.74, 6) is 2.29. The van der Waals surface area contributed by atoms with Gasteiger partial charge in [-0.15, -0.1) is 0 Å². The predicted octanol–water partition coefficient (Wildman–Crippen LogP) is 9.04. The molecular weight excluding hydrogens is 605 g/mol. The standard InChI is InChI=1S/C42H28N6O/c1-3-12-30(13-4-1)44-24-25-45-41(44)28-43-42(45)48-37-19-8-7-18-35(37)36-23-22-34(27-40(36)48)49-33-17-11-16-32(26-33)47-29-46(31-14-5-2-6-15-31)38-20-9-10-21-39(38)47/h1-28H. The highest BCUT2D eigenvalue weighted by Gasteiger charge is 2.19. The zero-order valence-corrected chi connectivity index (χ0v) is 26.3. The van der Waals surface area contributed by atoms with Crippen molar-refractivity contribution >= 4 is 38.5 Å². The van der Waals surface area contributed by atoms with Crippen molar-refractivity contribution in [2.24, 2.45) is 0 Å². The van der Waals surface area contributed by atoms with Gasteiger partial charge in [-0.1, -0.05) is 84.9 Å². The number of hydrogen-bond donors (Lipinski definition) is 0. The number of imidazole rings is 3. The molecule has 0 aliphatic rings. The van der Waals surface area contributed by atoms with Crippen molar-refractivity contribution in [1.82, 2.24) is 23.1 Å². The van der Waals surface area contributed by atoms with Crippen LogP contribution < -0.4 is 9.30 Å². The molecule has 0 atom stereocenters. The van der Waals surface area contributed by atoms with E-state index in [1.807, 2.05) is 60.8 Å². The van der Waals surface area contributed by atoms with Crippen LogP contribution in [0.5, 0.6) is 11.5 Å². The Bertz CT molecular complexity index is 2800. The van der Waals surface area contributed by atoms with E-state index < -0.39 is 0 Å². The van der Waals surface area contributed by atoms with Gasteiger partial charge in [0.25, 0.3) is 6.33 Å². The van der Waals surface area contributed by atoms with Crippen molar-refractivity contribution in [2.75, 3.05) is 0 Å². The predicted molar refractivity (Wildman–Crippen MR) is 193 cm³/mol. The Morgan fingerprint density at radius 2 is 1.29 bits per heavy atom. The second kappa shape index (κ2) is 10.9. The number of nitrogens with zero attached hydrogens (tertiary/aromatic N) is 6. The summed E-state index contributed by atoms with van der Waals surface area (Å²) in [5, 5.41) is 2.29.